The molecule has 4 rings (SSSR count). The van der Waals surface area contributed by atoms with Gasteiger partial charge >= 0.3 is 6.03 Å². The molecule has 8 heteroatoms. The number of nitrogens with zero attached hydrogens (tertiary/aromatic N) is 1. The molecule has 2 N–H and O–H groups in total. The van der Waals surface area contributed by atoms with Gasteiger partial charge < -0.3 is 20.1 Å². The molecule has 3 aliphatic rings. The van der Waals surface area contributed by atoms with Gasteiger partial charge in [0.05, 0.1) is 0 Å². The highest BCUT2D eigenvalue weighted by atomic mass is 16.7. The molecule has 1 saturated heterocycles. The third kappa shape index (κ3) is 2.65. The highest BCUT2D eigenvalue weighted by Crippen LogP contribution is 2.38. The zero-order valence-corrected chi connectivity index (χ0v) is 14.5. The number of urea groups is 1. The van der Waals surface area contributed by atoms with Crippen LogP contribution < -0.4 is 20.1 Å². The number of hydrogen-bond acceptors (Lipinski definition) is 5. The predicted octanol–water partition coefficient (Wildman–Crippen LogP) is 1.85. The average Bonchev–Trinajstić information content (AvgIpc) is 3.16. The number of nitrogens with one attached hydrogen (secondary N) is 2. The minimum absolute atomic E-state index is 0.0645. The second kappa shape index (κ2) is 6.19. The monoisotopic (exact) mass is 359 g/mol. The molecule has 8 nitrogen and oxygen atoms in total. The molecule has 0 aromatic heterocycles. The van der Waals surface area contributed by atoms with Crippen molar-refractivity contribution >= 4 is 23.5 Å². The Labute approximate surface area is 150 Å². The number of amides is 4. The van der Waals surface area contributed by atoms with E-state index in [4.69, 9.17) is 9.47 Å². The number of hydrogen-bond donors (Lipinski definition) is 2. The van der Waals surface area contributed by atoms with Crippen molar-refractivity contribution in [2.24, 2.45) is 5.92 Å². The molecule has 1 aromatic rings. The number of anilines is 1. The van der Waals surface area contributed by atoms with Crippen molar-refractivity contribution in [2.75, 3.05) is 18.7 Å². The summed E-state index contributed by atoms with van der Waals surface area (Å²) in [6.07, 6.45) is 3.46. The van der Waals surface area contributed by atoms with Gasteiger partial charge in [-0.15, -0.1) is 0 Å². The van der Waals surface area contributed by atoms with Gasteiger partial charge in [0.1, 0.15) is 12.1 Å². The zero-order valence-electron chi connectivity index (χ0n) is 14.5. The van der Waals surface area contributed by atoms with Crippen LogP contribution >= 0.6 is 0 Å². The summed E-state index contributed by atoms with van der Waals surface area (Å²) in [6, 6.07) is 4.54. The van der Waals surface area contributed by atoms with E-state index in [1.807, 2.05) is 6.92 Å². The minimum Gasteiger partial charge on any atom is -0.454 e. The lowest BCUT2D eigenvalue weighted by Crippen LogP contribution is -2.54. The molecule has 1 spiro atoms. The number of rotatable bonds is 3. The van der Waals surface area contributed by atoms with E-state index in [9.17, 15) is 14.4 Å². The lowest BCUT2D eigenvalue weighted by molar-refractivity contribution is -0.136. The van der Waals surface area contributed by atoms with Gasteiger partial charge in [0, 0.05) is 11.8 Å². The molecule has 2 atom stereocenters. The second-order valence-electron chi connectivity index (χ2n) is 7.06. The summed E-state index contributed by atoms with van der Waals surface area (Å²) in [5.74, 6) is 0.496. The number of imide groups is 1. The Bertz CT molecular complexity index is 780. The van der Waals surface area contributed by atoms with E-state index >= 15 is 0 Å². The van der Waals surface area contributed by atoms with Gasteiger partial charge in [-0.3, -0.25) is 14.5 Å². The zero-order chi connectivity index (χ0) is 18.3. The fraction of sp³-hybridized carbons (Fsp3) is 0.500. The van der Waals surface area contributed by atoms with Crippen LogP contribution in [-0.4, -0.2) is 41.6 Å². The standard InChI is InChI=1S/C18H21N3O5/c1-11-4-2-3-7-18(11)16(23)21(17(24)20-18)9-15(22)19-12-5-6-13-14(8-12)26-10-25-13/h5-6,8,11H,2-4,7,9-10H2,1H3,(H,19,22)(H,20,24)/t11-,18-/m1/s1. The topological polar surface area (TPSA) is 97.0 Å². The maximum absolute atomic E-state index is 12.9. The highest BCUT2D eigenvalue weighted by Gasteiger charge is 2.55. The summed E-state index contributed by atoms with van der Waals surface area (Å²) < 4.78 is 10.5. The predicted molar refractivity (Wildman–Crippen MR) is 91.8 cm³/mol. The van der Waals surface area contributed by atoms with Gasteiger partial charge in [-0.25, -0.2) is 4.79 Å². The number of carbonyl (C=O) groups is 3. The van der Waals surface area contributed by atoms with Crippen LogP contribution in [0.15, 0.2) is 18.2 Å². The van der Waals surface area contributed by atoms with Gasteiger partial charge in [-0.05, 0) is 30.9 Å². The van der Waals surface area contributed by atoms with E-state index in [1.54, 1.807) is 18.2 Å². The number of fused-ring (bicyclic) bond motifs is 1. The highest BCUT2D eigenvalue weighted by molar-refractivity contribution is 6.10. The smallest absolute Gasteiger partial charge is 0.325 e. The molecule has 2 heterocycles. The molecule has 138 valence electrons. The van der Waals surface area contributed by atoms with Gasteiger partial charge in [0.25, 0.3) is 5.91 Å². The van der Waals surface area contributed by atoms with Crippen LogP contribution in [-0.2, 0) is 9.59 Å². The van der Waals surface area contributed by atoms with Crippen molar-refractivity contribution < 1.29 is 23.9 Å². The Kier molecular flexibility index (Phi) is 3.97. The van der Waals surface area contributed by atoms with E-state index < -0.39 is 17.5 Å². The maximum atomic E-state index is 12.9. The van der Waals surface area contributed by atoms with E-state index in [2.05, 4.69) is 10.6 Å². The Balaban J connectivity index is 1.44. The first-order chi connectivity index (χ1) is 12.5. The van der Waals surface area contributed by atoms with Crippen molar-refractivity contribution in [3.8, 4) is 11.5 Å². The molecule has 2 fully saturated rings. The van der Waals surface area contributed by atoms with Crippen molar-refractivity contribution in [1.82, 2.24) is 10.2 Å². The summed E-state index contributed by atoms with van der Waals surface area (Å²) in [7, 11) is 0. The van der Waals surface area contributed by atoms with E-state index in [1.165, 1.54) is 0 Å². The summed E-state index contributed by atoms with van der Waals surface area (Å²) in [5, 5.41) is 5.54. The van der Waals surface area contributed by atoms with Crippen molar-refractivity contribution in [3.63, 3.8) is 0 Å². The van der Waals surface area contributed by atoms with Crippen LogP contribution in [0.25, 0.3) is 0 Å². The SMILES string of the molecule is C[C@@H]1CCCC[C@@]12NC(=O)N(CC(=O)Nc1ccc3c(c1)OCO3)C2=O. The van der Waals surface area contributed by atoms with E-state index in [0.29, 0.717) is 23.6 Å². The first-order valence-corrected chi connectivity index (χ1v) is 8.83. The summed E-state index contributed by atoms with van der Waals surface area (Å²) >= 11 is 0. The second-order valence-corrected chi connectivity index (χ2v) is 7.06. The van der Waals surface area contributed by atoms with Crippen molar-refractivity contribution in [1.29, 1.82) is 0 Å². The molecular weight excluding hydrogens is 338 g/mol. The summed E-state index contributed by atoms with van der Waals surface area (Å²) in [4.78, 5) is 38.6. The summed E-state index contributed by atoms with van der Waals surface area (Å²) in [5.41, 5.74) is -0.332. The lowest BCUT2D eigenvalue weighted by Gasteiger charge is -2.36. The fourth-order valence-corrected chi connectivity index (χ4v) is 3.96. The van der Waals surface area contributed by atoms with Gasteiger partial charge in [0.2, 0.25) is 12.7 Å². The van der Waals surface area contributed by atoms with Crippen LogP contribution in [0.1, 0.15) is 32.6 Å². The van der Waals surface area contributed by atoms with Gasteiger partial charge in [0.15, 0.2) is 11.5 Å². The third-order valence-corrected chi connectivity index (χ3v) is 5.46. The molecule has 1 aromatic carbocycles. The molecule has 1 aliphatic carbocycles. The Morgan fingerprint density at radius 2 is 2.12 bits per heavy atom. The van der Waals surface area contributed by atoms with Crippen LogP contribution in [0.2, 0.25) is 0 Å². The van der Waals surface area contributed by atoms with Crippen LogP contribution in [0, 0.1) is 5.92 Å². The normalized spacial score (nSPS) is 27.0. The molecule has 0 unspecified atom stereocenters. The fourth-order valence-electron chi connectivity index (χ4n) is 3.96. The summed E-state index contributed by atoms with van der Waals surface area (Å²) in [6.45, 7) is 1.82. The molecule has 0 radical (unpaired) electrons. The van der Waals surface area contributed by atoms with Gasteiger partial charge in [-0.2, -0.15) is 0 Å². The number of benzene rings is 1. The number of ether oxygens (including phenoxy) is 2. The molecule has 2 aliphatic heterocycles. The Morgan fingerprint density at radius 1 is 1.31 bits per heavy atom. The van der Waals surface area contributed by atoms with Crippen LogP contribution in [0.4, 0.5) is 10.5 Å². The van der Waals surface area contributed by atoms with Crippen LogP contribution in [0.3, 0.4) is 0 Å². The Hall–Kier alpha value is -2.77. The first-order valence-electron chi connectivity index (χ1n) is 8.83. The minimum atomic E-state index is -0.853. The molecular formula is C18H21N3O5. The molecule has 4 amide bonds. The number of carbonyl (C=O) groups excluding carboxylic acids is 3. The van der Waals surface area contributed by atoms with Crippen molar-refractivity contribution in [3.05, 3.63) is 18.2 Å². The van der Waals surface area contributed by atoms with E-state index in [-0.39, 0.29) is 25.2 Å². The van der Waals surface area contributed by atoms with Gasteiger partial charge in [-0.1, -0.05) is 19.8 Å². The van der Waals surface area contributed by atoms with Crippen LogP contribution in [0.5, 0.6) is 11.5 Å². The average molecular weight is 359 g/mol. The first kappa shape index (κ1) is 16.7. The Morgan fingerprint density at radius 3 is 2.92 bits per heavy atom. The largest absolute Gasteiger partial charge is 0.454 e. The quantitative estimate of drug-likeness (QED) is 0.803. The third-order valence-electron chi connectivity index (χ3n) is 5.46. The molecule has 1 saturated carbocycles. The van der Waals surface area contributed by atoms with E-state index in [0.717, 1.165) is 24.2 Å². The lowest BCUT2D eigenvalue weighted by atomic mass is 9.73. The molecule has 26 heavy (non-hydrogen) atoms. The van der Waals surface area contributed by atoms with Crippen molar-refractivity contribution in [2.45, 2.75) is 38.1 Å². The maximum Gasteiger partial charge on any atom is 0.325 e. The molecule has 0 bridgehead atoms.